The number of anilines is 3. The van der Waals surface area contributed by atoms with Gasteiger partial charge in [-0.3, -0.25) is 0 Å². The molecule has 0 fully saturated rings. The van der Waals surface area contributed by atoms with Crippen molar-refractivity contribution in [1.29, 1.82) is 0 Å². The molecule has 58 heavy (non-hydrogen) atoms. The Hall–Kier alpha value is -7.89. The lowest BCUT2D eigenvalue weighted by Crippen LogP contribution is -2.10. The number of hydrogen-bond acceptors (Lipinski definition) is 5. The number of aromatic nitrogens is 1. The van der Waals surface area contributed by atoms with E-state index in [2.05, 4.69) is 150 Å². The van der Waals surface area contributed by atoms with Crippen LogP contribution in [0.25, 0.3) is 99.5 Å². The Balaban J connectivity index is 0.933. The van der Waals surface area contributed by atoms with Crippen LogP contribution in [0.15, 0.2) is 207 Å². The van der Waals surface area contributed by atoms with Crippen molar-refractivity contribution < 1.29 is 13.3 Å². The van der Waals surface area contributed by atoms with Crippen LogP contribution in [0.5, 0.6) is 0 Å². The highest BCUT2D eigenvalue weighted by atomic mass is 16.4. The topological polar surface area (TPSA) is 55.6 Å². The molecule has 0 amide bonds. The molecule has 0 N–H and O–H groups in total. The molecule has 3 aromatic heterocycles. The first-order valence-corrected chi connectivity index (χ1v) is 19.4. The quantitative estimate of drug-likeness (QED) is 0.170. The van der Waals surface area contributed by atoms with Gasteiger partial charge in [-0.15, -0.1) is 0 Å². The van der Waals surface area contributed by atoms with E-state index in [1.54, 1.807) is 0 Å². The maximum atomic E-state index is 6.59. The number of furan rings is 2. The lowest BCUT2D eigenvalue weighted by Gasteiger charge is -2.26. The minimum absolute atomic E-state index is 0.601. The Bertz CT molecular complexity index is 3500. The number of oxazole rings is 1. The molecule has 5 heteroatoms. The van der Waals surface area contributed by atoms with Gasteiger partial charge in [-0.2, -0.15) is 0 Å². The van der Waals surface area contributed by atoms with Gasteiger partial charge in [-0.05, 0) is 99.8 Å². The molecular formula is C53H32N2O3. The lowest BCUT2D eigenvalue weighted by molar-refractivity contribution is 0.617. The number of nitrogens with zero attached hydrogens (tertiary/aromatic N) is 2. The van der Waals surface area contributed by atoms with Crippen LogP contribution in [0.3, 0.4) is 0 Å². The molecule has 272 valence electrons. The zero-order valence-electron chi connectivity index (χ0n) is 31.1. The van der Waals surface area contributed by atoms with Gasteiger partial charge in [0.25, 0.3) is 0 Å². The van der Waals surface area contributed by atoms with E-state index >= 15 is 0 Å². The predicted octanol–water partition coefficient (Wildman–Crippen LogP) is 15.3. The molecule has 0 aliphatic carbocycles. The molecule has 0 bridgehead atoms. The summed E-state index contributed by atoms with van der Waals surface area (Å²) in [6.07, 6.45) is 0. The third kappa shape index (κ3) is 5.21. The Morgan fingerprint density at radius 3 is 1.86 bits per heavy atom. The van der Waals surface area contributed by atoms with E-state index in [1.807, 2.05) is 48.5 Å². The van der Waals surface area contributed by atoms with Gasteiger partial charge in [0.05, 0.1) is 5.69 Å². The largest absolute Gasteiger partial charge is 0.456 e. The molecule has 0 aliphatic heterocycles. The highest BCUT2D eigenvalue weighted by molar-refractivity contribution is 6.11. The van der Waals surface area contributed by atoms with E-state index in [1.165, 1.54) is 21.9 Å². The second-order valence-corrected chi connectivity index (χ2v) is 14.7. The number of rotatable bonds is 6. The van der Waals surface area contributed by atoms with Gasteiger partial charge >= 0.3 is 0 Å². The minimum Gasteiger partial charge on any atom is -0.456 e. The second-order valence-electron chi connectivity index (χ2n) is 14.7. The maximum Gasteiger partial charge on any atom is 0.227 e. The van der Waals surface area contributed by atoms with Gasteiger partial charge in [-0.1, -0.05) is 121 Å². The van der Waals surface area contributed by atoms with Gasteiger partial charge in [0.15, 0.2) is 11.2 Å². The molecule has 12 rings (SSSR count). The summed E-state index contributed by atoms with van der Waals surface area (Å²) in [6, 6.07) is 67.6. The van der Waals surface area contributed by atoms with Crippen molar-refractivity contribution in [2.24, 2.45) is 0 Å². The molecule has 9 aromatic carbocycles. The van der Waals surface area contributed by atoms with Crippen LogP contribution in [0.2, 0.25) is 0 Å². The van der Waals surface area contributed by atoms with Crippen molar-refractivity contribution in [2.75, 3.05) is 4.90 Å². The summed E-state index contributed by atoms with van der Waals surface area (Å²) in [5, 5.41) is 6.71. The molecule has 0 aliphatic rings. The highest BCUT2D eigenvalue weighted by Gasteiger charge is 2.20. The third-order valence-electron chi connectivity index (χ3n) is 11.3. The Morgan fingerprint density at radius 2 is 1.02 bits per heavy atom. The highest BCUT2D eigenvalue weighted by Crippen LogP contribution is 2.44. The van der Waals surface area contributed by atoms with Crippen LogP contribution in [0.4, 0.5) is 17.1 Å². The summed E-state index contributed by atoms with van der Waals surface area (Å²) in [7, 11) is 0. The maximum absolute atomic E-state index is 6.59. The Kier molecular flexibility index (Phi) is 7.16. The molecule has 0 atom stereocenters. The Morgan fingerprint density at radius 1 is 0.362 bits per heavy atom. The number of fused-ring (bicyclic) bond motifs is 8. The van der Waals surface area contributed by atoms with Gasteiger partial charge in [0.2, 0.25) is 5.89 Å². The van der Waals surface area contributed by atoms with Crippen LogP contribution in [0, 0.1) is 0 Å². The lowest BCUT2D eigenvalue weighted by atomic mass is 9.98. The van der Waals surface area contributed by atoms with Crippen molar-refractivity contribution in [3.05, 3.63) is 194 Å². The first-order valence-electron chi connectivity index (χ1n) is 19.4. The van der Waals surface area contributed by atoms with Crippen molar-refractivity contribution in [2.45, 2.75) is 0 Å². The van der Waals surface area contributed by atoms with Crippen molar-refractivity contribution in [1.82, 2.24) is 4.98 Å². The van der Waals surface area contributed by atoms with Gasteiger partial charge in [-0.25, -0.2) is 4.98 Å². The Labute approximate surface area is 332 Å². The van der Waals surface area contributed by atoms with E-state index in [0.29, 0.717) is 11.5 Å². The van der Waals surface area contributed by atoms with Gasteiger partial charge in [0.1, 0.15) is 22.3 Å². The van der Waals surface area contributed by atoms with Gasteiger partial charge in [0, 0.05) is 44.5 Å². The zero-order valence-corrected chi connectivity index (χ0v) is 31.1. The SMILES string of the molecule is c1ccc(-c2nc3cc4c(cc3o2)oc2cc(-c3ccc(N(c5ccc(-c6cccc7ccccc67)cc5)c5cccc6c5oc5ccccc56)cc3)ccc24)cc1. The summed E-state index contributed by atoms with van der Waals surface area (Å²) in [5.74, 6) is 0.601. The first-order chi connectivity index (χ1) is 28.7. The van der Waals surface area contributed by atoms with Crippen molar-refractivity contribution in [3.63, 3.8) is 0 Å². The number of hydrogen-bond donors (Lipinski definition) is 0. The second kappa shape index (κ2) is 12.8. The predicted molar refractivity (Wildman–Crippen MR) is 237 cm³/mol. The van der Waals surface area contributed by atoms with E-state index in [4.69, 9.17) is 18.2 Å². The fourth-order valence-corrected chi connectivity index (χ4v) is 8.49. The van der Waals surface area contributed by atoms with Crippen LogP contribution >= 0.6 is 0 Å². The third-order valence-corrected chi connectivity index (χ3v) is 11.3. The van der Waals surface area contributed by atoms with E-state index in [0.717, 1.165) is 83.1 Å². The molecule has 0 spiro atoms. The van der Waals surface area contributed by atoms with E-state index in [9.17, 15) is 0 Å². The fraction of sp³-hybridized carbons (Fsp3) is 0. The molecule has 0 unspecified atom stereocenters. The van der Waals surface area contributed by atoms with Crippen LogP contribution in [-0.2, 0) is 0 Å². The summed E-state index contributed by atoms with van der Waals surface area (Å²) in [4.78, 5) is 7.08. The smallest absolute Gasteiger partial charge is 0.227 e. The van der Waals surface area contributed by atoms with Gasteiger partial charge < -0.3 is 18.2 Å². The molecule has 0 saturated carbocycles. The molecule has 5 nitrogen and oxygen atoms in total. The van der Waals surface area contributed by atoms with Crippen molar-refractivity contribution in [3.8, 4) is 33.7 Å². The van der Waals surface area contributed by atoms with Crippen LogP contribution < -0.4 is 4.90 Å². The molecule has 3 heterocycles. The normalized spacial score (nSPS) is 11.8. The number of benzene rings is 9. The summed E-state index contributed by atoms with van der Waals surface area (Å²) in [6.45, 7) is 0. The first kappa shape index (κ1) is 32.4. The van der Waals surface area contributed by atoms with Crippen LogP contribution in [-0.4, -0.2) is 4.98 Å². The van der Waals surface area contributed by atoms with E-state index < -0.39 is 0 Å². The summed E-state index contributed by atoms with van der Waals surface area (Å²) in [5.41, 5.74) is 13.3. The average molecular weight is 745 g/mol. The van der Waals surface area contributed by atoms with E-state index in [-0.39, 0.29) is 0 Å². The standard InChI is InChI=1S/C53H32N2O3/c1-2-11-36(12-3-1)53-54-46-31-45-43-29-24-37(30-49(43)56-50(45)32-51(46)58-53)33-20-25-38(26-21-33)55(47-18-9-17-44-42-15-6-7-19-48(42)57-52(44)47)39-27-22-35(23-28-39)41-16-8-13-34-10-4-5-14-40(34)41/h1-32H. The summed E-state index contributed by atoms with van der Waals surface area (Å²) < 4.78 is 19.2. The van der Waals surface area contributed by atoms with Crippen molar-refractivity contribution >= 4 is 82.8 Å². The fourth-order valence-electron chi connectivity index (χ4n) is 8.49. The molecule has 0 radical (unpaired) electrons. The monoisotopic (exact) mass is 744 g/mol. The number of para-hydroxylation sites is 2. The molecular weight excluding hydrogens is 713 g/mol. The summed E-state index contributed by atoms with van der Waals surface area (Å²) >= 11 is 0. The molecule has 0 saturated heterocycles. The zero-order chi connectivity index (χ0) is 38.2. The minimum atomic E-state index is 0.601. The van der Waals surface area contributed by atoms with Crippen LogP contribution in [0.1, 0.15) is 0 Å². The average Bonchev–Trinajstić information content (AvgIpc) is 3.99. The molecule has 12 aromatic rings.